The Morgan fingerprint density at radius 1 is 1.23 bits per heavy atom. The molecule has 3 heterocycles. The second kappa shape index (κ2) is 8.00. The summed E-state index contributed by atoms with van der Waals surface area (Å²) in [7, 11) is 0. The highest BCUT2D eigenvalue weighted by molar-refractivity contribution is 8.14. The van der Waals surface area contributed by atoms with Gasteiger partial charge in [-0.15, -0.1) is 0 Å². The Kier molecular flexibility index (Phi) is 5.39. The van der Waals surface area contributed by atoms with Crippen molar-refractivity contribution in [1.82, 2.24) is 10.3 Å². The fraction of sp³-hybridized carbons (Fsp3) is 0.263. The highest BCUT2D eigenvalue weighted by Gasteiger charge is 2.51. The molecule has 1 aromatic heterocycles. The van der Waals surface area contributed by atoms with Crippen LogP contribution in [0.15, 0.2) is 41.5 Å². The third-order valence-corrected chi connectivity index (χ3v) is 6.34. The first-order chi connectivity index (χ1) is 14.4. The van der Waals surface area contributed by atoms with Crippen LogP contribution < -0.4 is 10.6 Å². The van der Waals surface area contributed by atoms with Crippen LogP contribution in [0.5, 0.6) is 0 Å². The molecule has 4 rings (SSSR count). The van der Waals surface area contributed by atoms with Crippen molar-refractivity contribution in [3.8, 4) is 0 Å². The lowest BCUT2D eigenvalue weighted by Crippen LogP contribution is -2.42. The molecule has 2 atom stereocenters. The van der Waals surface area contributed by atoms with E-state index in [0.717, 1.165) is 24.0 Å². The van der Waals surface area contributed by atoms with Crippen molar-refractivity contribution in [3.63, 3.8) is 0 Å². The number of carbonyl (C=O) groups is 2. The van der Waals surface area contributed by atoms with Gasteiger partial charge >= 0.3 is 6.09 Å². The van der Waals surface area contributed by atoms with E-state index in [1.807, 2.05) is 0 Å². The van der Waals surface area contributed by atoms with Crippen molar-refractivity contribution in [2.75, 3.05) is 25.1 Å². The summed E-state index contributed by atoms with van der Waals surface area (Å²) in [6.07, 6.45) is -0.332. The average molecular weight is 434 g/mol. The molecule has 8 nitrogen and oxygen atoms in total. The first kappa shape index (κ1) is 20.2. The highest BCUT2D eigenvalue weighted by Crippen LogP contribution is 2.51. The van der Waals surface area contributed by atoms with Crippen molar-refractivity contribution in [1.29, 1.82) is 0 Å². The molecule has 0 spiro atoms. The van der Waals surface area contributed by atoms with Gasteiger partial charge in [0.15, 0.2) is 5.17 Å². The Morgan fingerprint density at radius 3 is 2.80 bits per heavy atom. The van der Waals surface area contributed by atoms with Gasteiger partial charge in [0, 0.05) is 23.7 Å². The van der Waals surface area contributed by atoms with Gasteiger partial charge in [0.1, 0.15) is 17.3 Å². The van der Waals surface area contributed by atoms with Gasteiger partial charge in [-0.25, -0.2) is 18.6 Å². The smallest absolute Gasteiger partial charge is 0.410 e. The number of carboxylic acid groups (broad SMARTS) is 1. The number of thioether (sulfide) groups is 1. The maximum Gasteiger partial charge on any atom is 0.410 e. The minimum atomic E-state index is -1.26. The molecular formula is C19H16F2N4O4S. The van der Waals surface area contributed by atoms with Crippen molar-refractivity contribution < 1.29 is 28.2 Å². The zero-order chi connectivity index (χ0) is 21.3. The fourth-order valence-corrected chi connectivity index (χ4v) is 4.80. The number of nitrogens with one attached hydrogen (secondary N) is 2. The number of amidine groups is 1. The van der Waals surface area contributed by atoms with E-state index in [1.165, 1.54) is 24.3 Å². The van der Waals surface area contributed by atoms with Crippen LogP contribution in [-0.4, -0.2) is 47.0 Å². The minimum absolute atomic E-state index is 0.00892. The number of benzene rings is 1. The highest BCUT2D eigenvalue weighted by atomic mass is 32.2. The molecule has 1 saturated heterocycles. The average Bonchev–Trinajstić information content (AvgIpc) is 3.13. The Balaban J connectivity index is 1.64. The van der Waals surface area contributed by atoms with Crippen molar-refractivity contribution in [2.24, 2.45) is 10.9 Å². The SMILES string of the molecule is O=C(O)NC1=NC[C@H]2COC[C@]2(c2cc(NC(=O)c3ccc(F)cn3)ccc2F)S1. The Labute approximate surface area is 173 Å². The first-order valence-electron chi connectivity index (χ1n) is 8.91. The van der Waals surface area contributed by atoms with E-state index >= 15 is 0 Å². The molecule has 0 aliphatic carbocycles. The van der Waals surface area contributed by atoms with Crippen molar-refractivity contribution in [2.45, 2.75) is 4.75 Å². The number of hydrogen-bond donors (Lipinski definition) is 3. The van der Waals surface area contributed by atoms with Crippen molar-refractivity contribution >= 4 is 34.6 Å². The summed E-state index contributed by atoms with van der Waals surface area (Å²) in [5.74, 6) is -1.81. The summed E-state index contributed by atoms with van der Waals surface area (Å²) in [5.41, 5.74) is 0.604. The summed E-state index contributed by atoms with van der Waals surface area (Å²) in [6, 6.07) is 6.48. The molecule has 2 aromatic rings. The molecule has 11 heteroatoms. The zero-order valence-corrected chi connectivity index (χ0v) is 16.2. The van der Waals surface area contributed by atoms with E-state index in [1.54, 1.807) is 0 Å². The number of amides is 2. The molecule has 0 unspecified atom stereocenters. The monoisotopic (exact) mass is 434 g/mol. The standard InChI is InChI=1S/C19H16F2N4O4S/c20-11-1-4-15(22-7-11)16(26)24-12-2-3-14(21)13(5-12)19-9-29-8-10(19)6-23-17(30-19)25-18(27)28/h1-5,7,10H,6,8-9H2,(H,23,25)(H,24,26)(H,27,28)/t10-,19-/m0/s1. The number of fused-ring (bicyclic) bond motifs is 1. The summed E-state index contributed by atoms with van der Waals surface area (Å²) in [6.45, 7) is 0.793. The van der Waals surface area contributed by atoms with Gasteiger partial charge in [0.25, 0.3) is 5.91 Å². The minimum Gasteiger partial charge on any atom is -0.465 e. The topological polar surface area (TPSA) is 113 Å². The van der Waals surface area contributed by atoms with E-state index in [-0.39, 0.29) is 35.5 Å². The number of nitrogens with zero attached hydrogens (tertiary/aromatic N) is 2. The molecule has 0 radical (unpaired) electrons. The number of aliphatic imine (C=N–C) groups is 1. The van der Waals surface area contributed by atoms with Gasteiger partial charge in [-0.05, 0) is 30.3 Å². The second-order valence-electron chi connectivity index (χ2n) is 6.79. The predicted molar refractivity (Wildman–Crippen MR) is 106 cm³/mol. The van der Waals surface area contributed by atoms with E-state index in [0.29, 0.717) is 12.3 Å². The molecule has 3 N–H and O–H groups in total. The number of hydrogen-bond acceptors (Lipinski definition) is 6. The molecule has 156 valence electrons. The molecule has 2 amide bonds. The van der Waals surface area contributed by atoms with Crippen LogP contribution in [0.3, 0.4) is 0 Å². The van der Waals surface area contributed by atoms with Gasteiger partial charge in [-0.2, -0.15) is 0 Å². The summed E-state index contributed by atoms with van der Waals surface area (Å²) in [4.78, 5) is 31.3. The van der Waals surface area contributed by atoms with E-state index in [2.05, 4.69) is 20.6 Å². The fourth-order valence-electron chi connectivity index (χ4n) is 3.46. The molecule has 2 aliphatic heterocycles. The van der Waals surface area contributed by atoms with Crippen LogP contribution >= 0.6 is 11.8 Å². The molecule has 30 heavy (non-hydrogen) atoms. The van der Waals surface area contributed by atoms with Gasteiger partial charge in [-0.3, -0.25) is 15.1 Å². The third-order valence-electron chi connectivity index (χ3n) is 4.88. The molecule has 2 aliphatic rings. The lowest BCUT2D eigenvalue weighted by molar-refractivity contribution is 0.102. The lowest BCUT2D eigenvalue weighted by Gasteiger charge is -2.36. The summed E-state index contributed by atoms with van der Waals surface area (Å²) in [5, 5.41) is 14.0. The molecular weight excluding hydrogens is 418 g/mol. The number of anilines is 1. The largest absolute Gasteiger partial charge is 0.465 e. The third kappa shape index (κ3) is 3.85. The Hall–Kier alpha value is -3.05. The number of halogens is 2. The van der Waals surface area contributed by atoms with Crippen LogP contribution in [0.25, 0.3) is 0 Å². The molecule has 0 saturated carbocycles. The number of pyridine rings is 1. The quantitative estimate of drug-likeness (QED) is 0.685. The number of carbonyl (C=O) groups excluding carboxylic acids is 1. The van der Waals surface area contributed by atoms with Gasteiger partial charge in [-0.1, -0.05) is 11.8 Å². The van der Waals surface area contributed by atoms with E-state index < -0.39 is 28.4 Å². The van der Waals surface area contributed by atoms with E-state index in [4.69, 9.17) is 9.84 Å². The second-order valence-corrected chi connectivity index (χ2v) is 8.11. The van der Waals surface area contributed by atoms with Crippen LogP contribution in [0.4, 0.5) is 19.3 Å². The molecule has 1 aromatic carbocycles. The lowest BCUT2D eigenvalue weighted by atomic mass is 9.87. The maximum atomic E-state index is 14.9. The summed E-state index contributed by atoms with van der Waals surface area (Å²) < 4.78 is 32.6. The maximum absolute atomic E-state index is 14.9. The normalized spacial score (nSPS) is 22.7. The first-order valence-corrected chi connectivity index (χ1v) is 9.73. The number of aromatic nitrogens is 1. The van der Waals surface area contributed by atoms with Gasteiger partial charge < -0.3 is 15.2 Å². The molecule has 1 fully saturated rings. The summed E-state index contributed by atoms with van der Waals surface area (Å²) >= 11 is 1.10. The number of ether oxygens (including phenoxy) is 1. The van der Waals surface area contributed by atoms with Crippen molar-refractivity contribution in [3.05, 3.63) is 59.4 Å². The van der Waals surface area contributed by atoms with E-state index in [9.17, 15) is 18.4 Å². The van der Waals surface area contributed by atoms with Crippen LogP contribution in [0.2, 0.25) is 0 Å². The van der Waals surface area contributed by atoms with Crippen LogP contribution in [-0.2, 0) is 9.48 Å². The Bertz CT molecular complexity index is 1030. The van der Waals surface area contributed by atoms with Crippen LogP contribution in [0, 0.1) is 17.6 Å². The number of rotatable bonds is 3. The van der Waals surface area contributed by atoms with Crippen LogP contribution in [0.1, 0.15) is 16.1 Å². The Morgan fingerprint density at radius 2 is 2.07 bits per heavy atom. The zero-order valence-electron chi connectivity index (χ0n) is 15.4. The van der Waals surface area contributed by atoms with Gasteiger partial charge in [0.05, 0.1) is 24.2 Å². The molecule has 0 bridgehead atoms. The van der Waals surface area contributed by atoms with Gasteiger partial charge in [0.2, 0.25) is 0 Å². The predicted octanol–water partition coefficient (Wildman–Crippen LogP) is 2.82.